The number of aliphatic hydroxyl groups excluding tert-OH is 2. The molecule has 37 heavy (non-hydrogen) atoms. The highest BCUT2D eigenvalue weighted by Gasteiger charge is 2.34. The fourth-order valence-corrected chi connectivity index (χ4v) is 4.57. The SMILES string of the molecule is COc1cncc(-c2cc(F)ccc2C2Cc3nc(N)nc(C)c3C(NOCC3NCC(O)C3O)=N2)n1. The maximum Gasteiger partial charge on any atom is 0.232 e. The summed E-state index contributed by atoms with van der Waals surface area (Å²) in [4.78, 5) is 27.8. The smallest absolute Gasteiger partial charge is 0.232 e. The average Bonchev–Trinajstić information content (AvgIpc) is 3.20. The number of fused-ring (bicyclic) bond motifs is 1. The van der Waals surface area contributed by atoms with E-state index in [1.54, 1.807) is 13.0 Å². The number of aryl methyl sites for hydroxylation is 1. The van der Waals surface area contributed by atoms with Gasteiger partial charge in [0.25, 0.3) is 0 Å². The predicted molar refractivity (Wildman–Crippen MR) is 131 cm³/mol. The molecule has 0 amide bonds. The Bertz CT molecular complexity index is 1340. The number of methoxy groups -OCH3 is 1. The highest BCUT2D eigenvalue weighted by molar-refractivity contribution is 6.01. The second kappa shape index (κ2) is 10.3. The van der Waals surface area contributed by atoms with Crippen molar-refractivity contribution in [3.63, 3.8) is 0 Å². The number of aliphatic imine (C=N–C) groups is 1. The van der Waals surface area contributed by atoms with Crippen LogP contribution in [0.1, 0.15) is 28.6 Å². The van der Waals surface area contributed by atoms with Crippen molar-refractivity contribution < 1.29 is 24.2 Å². The van der Waals surface area contributed by atoms with Gasteiger partial charge in [-0.1, -0.05) is 6.07 Å². The third kappa shape index (κ3) is 5.06. The normalized spacial score (nSPS) is 22.9. The van der Waals surface area contributed by atoms with Gasteiger partial charge in [-0.25, -0.2) is 24.8 Å². The van der Waals surface area contributed by atoms with Crippen molar-refractivity contribution in [2.45, 2.75) is 37.6 Å². The number of β-amino-alcohol motifs (C(OH)–C–C–N with tert-alkyl or cyclic N) is 1. The first-order valence-electron chi connectivity index (χ1n) is 11.7. The Morgan fingerprint density at radius 2 is 2.05 bits per heavy atom. The molecule has 12 nitrogen and oxygen atoms in total. The van der Waals surface area contributed by atoms with Gasteiger partial charge < -0.3 is 26.0 Å². The summed E-state index contributed by atoms with van der Waals surface area (Å²) in [6, 6.07) is 3.44. The van der Waals surface area contributed by atoms with E-state index in [2.05, 4.69) is 30.7 Å². The number of hydrogen-bond donors (Lipinski definition) is 5. The van der Waals surface area contributed by atoms with Crippen LogP contribution in [0.4, 0.5) is 10.3 Å². The average molecular weight is 511 g/mol. The number of hydroxylamine groups is 1. The van der Waals surface area contributed by atoms with Crippen LogP contribution >= 0.6 is 0 Å². The van der Waals surface area contributed by atoms with E-state index in [1.165, 1.54) is 31.6 Å². The number of nitrogens with one attached hydrogen (secondary N) is 2. The number of benzene rings is 1. The minimum atomic E-state index is -0.953. The van der Waals surface area contributed by atoms with E-state index in [-0.39, 0.29) is 19.1 Å². The molecule has 1 fully saturated rings. The van der Waals surface area contributed by atoms with Crippen molar-refractivity contribution in [3.05, 3.63) is 58.9 Å². The van der Waals surface area contributed by atoms with Gasteiger partial charge >= 0.3 is 0 Å². The van der Waals surface area contributed by atoms with Crippen LogP contribution in [0.15, 0.2) is 35.6 Å². The largest absolute Gasteiger partial charge is 0.480 e. The third-order valence-electron chi connectivity index (χ3n) is 6.39. The summed E-state index contributed by atoms with van der Waals surface area (Å²) in [5.41, 5.74) is 12.4. The summed E-state index contributed by atoms with van der Waals surface area (Å²) in [6.07, 6.45) is 1.56. The summed E-state index contributed by atoms with van der Waals surface area (Å²) in [6.45, 7) is 2.13. The van der Waals surface area contributed by atoms with Crippen LogP contribution in [0.5, 0.6) is 5.88 Å². The first kappa shape index (κ1) is 24.9. The summed E-state index contributed by atoms with van der Waals surface area (Å²) >= 11 is 0. The molecular formula is C24H27FN8O4. The Morgan fingerprint density at radius 3 is 2.81 bits per heavy atom. The molecular weight excluding hydrogens is 483 g/mol. The predicted octanol–water partition coefficient (Wildman–Crippen LogP) is 0.231. The highest BCUT2D eigenvalue weighted by atomic mass is 19.1. The molecule has 4 heterocycles. The lowest BCUT2D eigenvalue weighted by Gasteiger charge is -2.26. The van der Waals surface area contributed by atoms with Crippen LogP contribution in [0.2, 0.25) is 0 Å². The number of nitrogen functional groups attached to an aromatic ring is 1. The number of aliphatic hydroxyl groups is 2. The van der Waals surface area contributed by atoms with Crippen molar-refractivity contribution in [1.29, 1.82) is 0 Å². The molecule has 2 aromatic heterocycles. The van der Waals surface area contributed by atoms with E-state index in [0.29, 0.717) is 51.9 Å². The van der Waals surface area contributed by atoms with E-state index in [0.717, 1.165) is 0 Å². The zero-order valence-corrected chi connectivity index (χ0v) is 20.2. The number of halogens is 1. The van der Waals surface area contributed by atoms with Gasteiger partial charge in [0, 0.05) is 18.5 Å². The number of nitrogens with zero attached hydrogens (tertiary/aromatic N) is 5. The van der Waals surface area contributed by atoms with Crippen LogP contribution in [-0.4, -0.2) is 74.5 Å². The molecule has 5 rings (SSSR count). The Morgan fingerprint density at radius 1 is 1.22 bits per heavy atom. The Balaban J connectivity index is 1.50. The van der Waals surface area contributed by atoms with Gasteiger partial charge in [-0.3, -0.25) is 14.8 Å². The van der Waals surface area contributed by atoms with Gasteiger partial charge in [-0.15, -0.1) is 0 Å². The lowest BCUT2D eigenvalue weighted by molar-refractivity contribution is 0.00233. The first-order valence-corrected chi connectivity index (χ1v) is 11.7. The maximum atomic E-state index is 14.3. The van der Waals surface area contributed by atoms with Crippen molar-refractivity contribution in [2.75, 3.05) is 26.0 Å². The molecule has 2 aliphatic rings. The van der Waals surface area contributed by atoms with Gasteiger partial charge in [-0.2, -0.15) is 0 Å². The van der Waals surface area contributed by atoms with Gasteiger partial charge in [0.15, 0.2) is 5.84 Å². The molecule has 0 saturated carbocycles. The zero-order valence-electron chi connectivity index (χ0n) is 20.2. The number of rotatable bonds is 6. The number of hydrogen-bond acceptors (Lipinski definition) is 12. The lowest BCUT2D eigenvalue weighted by atomic mass is 9.91. The Hall–Kier alpha value is -3.78. The molecule has 194 valence electrons. The molecule has 0 bridgehead atoms. The third-order valence-corrected chi connectivity index (χ3v) is 6.39. The van der Waals surface area contributed by atoms with Crippen LogP contribution in [0, 0.1) is 12.7 Å². The number of nitrogens with two attached hydrogens (primary N) is 1. The van der Waals surface area contributed by atoms with Crippen molar-refractivity contribution in [2.24, 2.45) is 4.99 Å². The molecule has 13 heteroatoms. The maximum absolute atomic E-state index is 14.3. The summed E-state index contributed by atoms with van der Waals surface area (Å²) in [5, 5.41) is 22.8. The monoisotopic (exact) mass is 510 g/mol. The van der Waals surface area contributed by atoms with Gasteiger partial charge in [-0.05, 0) is 24.6 Å². The molecule has 0 radical (unpaired) electrons. The van der Waals surface area contributed by atoms with Crippen molar-refractivity contribution >= 4 is 11.8 Å². The number of anilines is 1. The number of ether oxygens (including phenoxy) is 1. The molecule has 6 N–H and O–H groups in total. The summed E-state index contributed by atoms with van der Waals surface area (Å²) < 4.78 is 19.5. The van der Waals surface area contributed by atoms with Crippen LogP contribution in [-0.2, 0) is 11.3 Å². The van der Waals surface area contributed by atoms with Gasteiger partial charge in [0.1, 0.15) is 5.82 Å². The van der Waals surface area contributed by atoms with Crippen molar-refractivity contribution in [1.82, 2.24) is 30.7 Å². The fourth-order valence-electron chi connectivity index (χ4n) is 4.57. The van der Waals surface area contributed by atoms with E-state index in [9.17, 15) is 14.6 Å². The fraction of sp³-hybridized carbons (Fsp3) is 0.375. The van der Waals surface area contributed by atoms with Gasteiger partial charge in [0.2, 0.25) is 11.8 Å². The Labute approximate surface area is 211 Å². The van der Waals surface area contributed by atoms with E-state index in [1.807, 2.05) is 0 Å². The summed E-state index contributed by atoms with van der Waals surface area (Å²) in [5.74, 6) is 0.355. The van der Waals surface area contributed by atoms with E-state index in [4.69, 9.17) is 20.3 Å². The quantitative estimate of drug-likeness (QED) is 0.287. The molecule has 3 aromatic rings. The number of aromatic nitrogens is 4. The van der Waals surface area contributed by atoms with Crippen LogP contribution in [0.3, 0.4) is 0 Å². The second-order valence-electron chi connectivity index (χ2n) is 8.85. The minimum Gasteiger partial charge on any atom is -0.480 e. The van der Waals surface area contributed by atoms with Gasteiger partial charge in [0.05, 0.1) is 73.0 Å². The molecule has 2 aliphatic heterocycles. The van der Waals surface area contributed by atoms with Crippen LogP contribution < -0.4 is 21.3 Å². The molecule has 4 unspecified atom stereocenters. The van der Waals surface area contributed by atoms with E-state index >= 15 is 0 Å². The van der Waals surface area contributed by atoms with E-state index < -0.39 is 30.1 Å². The molecule has 4 atom stereocenters. The minimum absolute atomic E-state index is 0.0628. The standard InChI is InChI=1S/C24H27FN8O4/c1-11-21-16(32-24(26)29-11)6-15(31-23(21)33-37-10-18-22(35)19(34)8-28-18)13-4-3-12(25)5-14(13)17-7-27-9-20(30-17)36-2/h3-5,7,9,15,18-19,22,28,34-35H,6,8,10H2,1-2H3,(H,31,33)(H2,26,29,32). The molecule has 1 saturated heterocycles. The topological polar surface area (TPSA) is 173 Å². The lowest BCUT2D eigenvalue weighted by Crippen LogP contribution is -2.41. The number of amidine groups is 1. The first-order chi connectivity index (χ1) is 17.8. The Kier molecular flexibility index (Phi) is 6.93. The second-order valence-corrected chi connectivity index (χ2v) is 8.85. The molecule has 0 aliphatic carbocycles. The molecule has 0 spiro atoms. The van der Waals surface area contributed by atoms with Crippen molar-refractivity contribution in [3.8, 4) is 17.1 Å². The highest BCUT2D eigenvalue weighted by Crippen LogP contribution is 2.36. The van der Waals surface area contributed by atoms with Crippen LogP contribution in [0.25, 0.3) is 11.3 Å². The molecule has 1 aromatic carbocycles. The summed E-state index contributed by atoms with van der Waals surface area (Å²) in [7, 11) is 1.48. The zero-order chi connectivity index (χ0) is 26.1.